The third-order valence-corrected chi connectivity index (χ3v) is 4.97. The highest BCUT2D eigenvalue weighted by molar-refractivity contribution is 4.88. The summed E-state index contributed by atoms with van der Waals surface area (Å²) in [4.78, 5) is 0. The zero-order valence-electron chi connectivity index (χ0n) is 11.0. The maximum absolute atomic E-state index is 3.73. The molecule has 0 bridgehead atoms. The molecule has 1 aliphatic heterocycles. The molecule has 0 aromatic heterocycles. The van der Waals surface area contributed by atoms with Gasteiger partial charge in [-0.2, -0.15) is 0 Å². The van der Waals surface area contributed by atoms with Gasteiger partial charge in [-0.1, -0.05) is 26.7 Å². The van der Waals surface area contributed by atoms with Crippen molar-refractivity contribution in [2.75, 3.05) is 19.6 Å². The lowest BCUT2D eigenvalue weighted by atomic mass is 9.83. The van der Waals surface area contributed by atoms with Crippen molar-refractivity contribution < 1.29 is 0 Å². The number of nitrogens with one attached hydrogen (secondary N) is 2. The van der Waals surface area contributed by atoms with Crippen LogP contribution in [0.25, 0.3) is 0 Å². The highest BCUT2D eigenvalue weighted by Crippen LogP contribution is 2.40. The topological polar surface area (TPSA) is 24.1 Å². The van der Waals surface area contributed by atoms with Crippen molar-refractivity contribution in [1.29, 1.82) is 0 Å². The van der Waals surface area contributed by atoms with Gasteiger partial charge in [0.1, 0.15) is 0 Å². The molecule has 2 fully saturated rings. The molecule has 1 saturated carbocycles. The van der Waals surface area contributed by atoms with Crippen LogP contribution >= 0.6 is 0 Å². The molecule has 0 spiro atoms. The van der Waals surface area contributed by atoms with Gasteiger partial charge in [0.25, 0.3) is 0 Å². The number of hydrogen-bond acceptors (Lipinski definition) is 2. The maximum atomic E-state index is 3.73. The first-order valence-electron chi connectivity index (χ1n) is 7.20. The Morgan fingerprint density at radius 3 is 2.62 bits per heavy atom. The average molecular weight is 224 g/mol. The molecule has 2 nitrogen and oxygen atoms in total. The van der Waals surface area contributed by atoms with Gasteiger partial charge in [-0.3, -0.25) is 0 Å². The molecule has 1 heterocycles. The zero-order valence-corrected chi connectivity index (χ0v) is 11.0. The molecule has 2 unspecified atom stereocenters. The Bertz CT molecular complexity index is 209. The minimum atomic E-state index is 0.641. The second kappa shape index (κ2) is 5.50. The lowest BCUT2D eigenvalue weighted by Crippen LogP contribution is -2.41. The van der Waals surface area contributed by atoms with E-state index in [1.807, 2.05) is 0 Å². The van der Waals surface area contributed by atoms with Gasteiger partial charge in [0.05, 0.1) is 0 Å². The Labute approximate surface area is 101 Å². The molecule has 1 saturated heterocycles. The summed E-state index contributed by atoms with van der Waals surface area (Å²) in [6.07, 6.45) is 8.51. The van der Waals surface area contributed by atoms with Crippen LogP contribution in [0.3, 0.4) is 0 Å². The highest BCUT2D eigenvalue weighted by Gasteiger charge is 2.32. The van der Waals surface area contributed by atoms with Crippen LogP contribution in [0.1, 0.15) is 52.4 Å². The largest absolute Gasteiger partial charge is 0.315 e. The van der Waals surface area contributed by atoms with E-state index in [4.69, 9.17) is 0 Å². The van der Waals surface area contributed by atoms with Crippen LogP contribution in [0, 0.1) is 11.3 Å². The van der Waals surface area contributed by atoms with Gasteiger partial charge in [0, 0.05) is 19.1 Å². The molecular weight excluding hydrogens is 196 g/mol. The third-order valence-electron chi connectivity index (χ3n) is 4.97. The van der Waals surface area contributed by atoms with E-state index in [1.54, 1.807) is 0 Å². The predicted molar refractivity (Wildman–Crippen MR) is 69.6 cm³/mol. The van der Waals surface area contributed by atoms with E-state index in [2.05, 4.69) is 24.5 Å². The van der Waals surface area contributed by atoms with Gasteiger partial charge < -0.3 is 10.6 Å². The first-order chi connectivity index (χ1) is 7.76. The van der Waals surface area contributed by atoms with Gasteiger partial charge in [-0.05, 0) is 43.6 Å². The summed E-state index contributed by atoms with van der Waals surface area (Å²) in [5.41, 5.74) is 0.641. The molecule has 16 heavy (non-hydrogen) atoms. The fourth-order valence-corrected chi connectivity index (χ4v) is 3.45. The summed E-state index contributed by atoms with van der Waals surface area (Å²) >= 11 is 0. The molecule has 0 radical (unpaired) electrons. The summed E-state index contributed by atoms with van der Waals surface area (Å²) < 4.78 is 0. The van der Waals surface area contributed by atoms with Crippen molar-refractivity contribution in [3.63, 3.8) is 0 Å². The molecule has 2 aliphatic rings. The van der Waals surface area contributed by atoms with E-state index in [-0.39, 0.29) is 0 Å². The van der Waals surface area contributed by atoms with Gasteiger partial charge >= 0.3 is 0 Å². The molecular formula is C14H28N2. The van der Waals surface area contributed by atoms with Crippen LogP contribution in [-0.4, -0.2) is 25.7 Å². The van der Waals surface area contributed by atoms with Crippen molar-refractivity contribution in [3.05, 3.63) is 0 Å². The van der Waals surface area contributed by atoms with Crippen LogP contribution in [0.5, 0.6) is 0 Å². The zero-order chi connectivity index (χ0) is 11.4. The van der Waals surface area contributed by atoms with Gasteiger partial charge in [0.2, 0.25) is 0 Å². The van der Waals surface area contributed by atoms with Crippen molar-refractivity contribution in [1.82, 2.24) is 10.6 Å². The third kappa shape index (κ3) is 2.78. The Morgan fingerprint density at radius 1 is 1.31 bits per heavy atom. The van der Waals surface area contributed by atoms with Crippen LogP contribution in [0.15, 0.2) is 0 Å². The maximum Gasteiger partial charge on any atom is 0.0218 e. The second-order valence-corrected chi connectivity index (χ2v) is 6.02. The van der Waals surface area contributed by atoms with E-state index in [0.29, 0.717) is 5.41 Å². The Kier molecular flexibility index (Phi) is 4.26. The smallest absolute Gasteiger partial charge is 0.0218 e. The molecule has 2 N–H and O–H groups in total. The molecule has 0 amide bonds. The summed E-state index contributed by atoms with van der Waals surface area (Å²) in [6.45, 7) is 8.37. The second-order valence-electron chi connectivity index (χ2n) is 6.02. The van der Waals surface area contributed by atoms with E-state index in [9.17, 15) is 0 Å². The summed E-state index contributed by atoms with van der Waals surface area (Å²) in [5.74, 6) is 0.855. The first-order valence-corrected chi connectivity index (χ1v) is 7.20. The SMILES string of the molecule is CCC1(CNCC2NCCC2C)CCCC1. The molecule has 2 heteroatoms. The molecule has 2 atom stereocenters. The molecule has 1 aliphatic carbocycles. The minimum Gasteiger partial charge on any atom is -0.315 e. The summed E-state index contributed by atoms with van der Waals surface area (Å²) in [7, 11) is 0. The van der Waals surface area contributed by atoms with Crippen molar-refractivity contribution in [2.45, 2.75) is 58.4 Å². The molecule has 0 aromatic rings. The van der Waals surface area contributed by atoms with Gasteiger partial charge in [-0.15, -0.1) is 0 Å². The summed E-state index contributed by atoms with van der Waals surface area (Å²) in [6, 6.07) is 0.718. The Balaban J connectivity index is 1.70. The van der Waals surface area contributed by atoms with Crippen LogP contribution in [0.2, 0.25) is 0 Å². The highest BCUT2D eigenvalue weighted by atomic mass is 15.0. The Hall–Kier alpha value is -0.0800. The lowest BCUT2D eigenvalue weighted by molar-refractivity contribution is 0.262. The first kappa shape index (κ1) is 12.4. The molecule has 0 aromatic carbocycles. The van der Waals surface area contributed by atoms with E-state index >= 15 is 0 Å². The van der Waals surface area contributed by atoms with E-state index < -0.39 is 0 Å². The standard InChI is InChI=1S/C14H28N2/c1-3-14(7-4-5-8-14)11-15-10-13-12(2)6-9-16-13/h12-13,15-16H,3-11H2,1-2H3. The number of rotatable bonds is 5. The van der Waals surface area contributed by atoms with Crippen molar-refractivity contribution in [2.24, 2.45) is 11.3 Å². The molecule has 94 valence electrons. The predicted octanol–water partition coefficient (Wildman–Crippen LogP) is 2.54. The van der Waals surface area contributed by atoms with Gasteiger partial charge in [-0.25, -0.2) is 0 Å². The summed E-state index contributed by atoms with van der Waals surface area (Å²) in [5, 5.41) is 7.33. The normalized spacial score (nSPS) is 33.4. The van der Waals surface area contributed by atoms with Gasteiger partial charge in [0.15, 0.2) is 0 Å². The van der Waals surface area contributed by atoms with Crippen LogP contribution in [0.4, 0.5) is 0 Å². The van der Waals surface area contributed by atoms with Crippen LogP contribution in [-0.2, 0) is 0 Å². The fourth-order valence-electron chi connectivity index (χ4n) is 3.45. The average Bonchev–Trinajstić information content (AvgIpc) is 2.90. The number of hydrogen-bond donors (Lipinski definition) is 2. The molecule has 2 rings (SSSR count). The van der Waals surface area contributed by atoms with Crippen LogP contribution < -0.4 is 10.6 Å². The van der Waals surface area contributed by atoms with E-state index in [0.717, 1.165) is 12.0 Å². The quantitative estimate of drug-likeness (QED) is 0.750. The minimum absolute atomic E-state index is 0.641. The monoisotopic (exact) mass is 224 g/mol. The van der Waals surface area contributed by atoms with Crippen molar-refractivity contribution >= 4 is 0 Å². The lowest BCUT2D eigenvalue weighted by Gasteiger charge is -2.29. The Morgan fingerprint density at radius 2 is 2.06 bits per heavy atom. The fraction of sp³-hybridized carbons (Fsp3) is 1.00. The van der Waals surface area contributed by atoms with Crippen molar-refractivity contribution in [3.8, 4) is 0 Å². The van der Waals surface area contributed by atoms with E-state index in [1.165, 1.54) is 58.2 Å².